The van der Waals surface area contributed by atoms with Crippen molar-refractivity contribution in [1.29, 1.82) is 0 Å². The van der Waals surface area contributed by atoms with Crippen LogP contribution in [-0.4, -0.2) is 19.9 Å². The zero-order valence-electron chi connectivity index (χ0n) is 21.4. The lowest BCUT2D eigenvalue weighted by molar-refractivity contribution is 0.755. The molecule has 0 amide bonds. The highest BCUT2D eigenvalue weighted by molar-refractivity contribution is 5.88. The van der Waals surface area contributed by atoms with Gasteiger partial charge in [0.15, 0.2) is 11.6 Å². The third-order valence-corrected chi connectivity index (χ3v) is 6.95. The number of aromatic nitrogens is 4. The normalized spacial score (nSPS) is 18.1. The summed E-state index contributed by atoms with van der Waals surface area (Å²) >= 11 is 0. The fraction of sp³-hybridized carbons (Fsp3) is 0.118. The summed E-state index contributed by atoms with van der Waals surface area (Å²) in [6.07, 6.45) is 27.7. The Morgan fingerprint density at radius 3 is 2.16 bits per heavy atom. The Bertz CT molecular complexity index is 1500. The van der Waals surface area contributed by atoms with Crippen LogP contribution in [0.1, 0.15) is 64.1 Å². The van der Waals surface area contributed by atoms with Crippen molar-refractivity contribution in [3.05, 3.63) is 139 Å². The highest BCUT2D eigenvalue weighted by atomic mass is 15.0. The van der Waals surface area contributed by atoms with Crippen molar-refractivity contribution in [1.82, 2.24) is 19.9 Å². The molecule has 4 nitrogen and oxygen atoms in total. The lowest BCUT2D eigenvalue weighted by Crippen LogP contribution is -2.11. The van der Waals surface area contributed by atoms with E-state index in [1.54, 1.807) is 6.20 Å². The molecule has 0 aliphatic heterocycles. The molecule has 0 saturated carbocycles. The Balaban J connectivity index is 1.74. The number of allylic oxidation sites excluding steroid dienone is 8. The standard InChI is InChI=1S/C34H30N4/c1-5-23-20-24(6-2)30(8-4)31(29(23)7-3)34-37-32(25-14-10-9-11-15-25)36-33(38-34)27-17-12-16-26(21-27)28-18-13-19-35-22-28/h5-14,17-22,25-26H,1-4,15-16H2. The van der Waals surface area contributed by atoms with Crippen LogP contribution in [-0.2, 0) is 0 Å². The van der Waals surface area contributed by atoms with Crippen LogP contribution in [0.5, 0.6) is 0 Å². The second-order valence-corrected chi connectivity index (χ2v) is 9.22. The molecule has 0 saturated heterocycles. The molecule has 2 heterocycles. The number of benzene rings is 1. The predicted molar refractivity (Wildman–Crippen MR) is 160 cm³/mol. The van der Waals surface area contributed by atoms with Crippen molar-refractivity contribution in [2.45, 2.75) is 24.7 Å². The maximum atomic E-state index is 5.05. The summed E-state index contributed by atoms with van der Waals surface area (Å²) in [5.74, 6) is 2.23. The van der Waals surface area contributed by atoms with Gasteiger partial charge in [-0.3, -0.25) is 4.98 Å². The maximum absolute atomic E-state index is 5.05. The summed E-state index contributed by atoms with van der Waals surface area (Å²) in [4.78, 5) is 19.4. The van der Waals surface area contributed by atoms with Gasteiger partial charge in [-0.25, -0.2) is 15.0 Å². The van der Waals surface area contributed by atoms with Crippen molar-refractivity contribution in [2.24, 2.45) is 0 Å². The third-order valence-electron chi connectivity index (χ3n) is 6.95. The van der Waals surface area contributed by atoms with Crippen molar-refractivity contribution < 1.29 is 0 Å². The van der Waals surface area contributed by atoms with Crippen molar-refractivity contribution in [2.75, 3.05) is 0 Å². The minimum Gasteiger partial charge on any atom is -0.264 e. The van der Waals surface area contributed by atoms with Crippen molar-refractivity contribution >= 4 is 29.9 Å². The van der Waals surface area contributed by atoms with Crippen LogP contribution in [0.3, 0.4) is 0 Å². The fourth-order valence-electron chi connectivity index (χ4n) is 5.01. The molecule has 3 aromatic rings. The molecule has 0 spiro atoms. The molecule has 1 aromatic carbocycles. The SMILES string of the molecule is C=Cc1cc(C=C)c(C=C)c(-c2nc(C3=CC(c4cccnc4)CC=C3)nc(C3C=CC=CC3)n2)c1C=C. The number of pyridine rings is 1. The largest absolute Gasteiger partial charge is 0.264 e. The fourth-order valence-corrected chi connectivity index (χ4v) is 5.01. The summed E-state index contributed by atoms with van der Waals surface area (Å²) in [6.45, 7) is 16.2. The lowest BCUT2D eigenvalue weighted by atomic mass is 9.89. The molecule has 0 fully saturated rings. The Hall–Kier alpha value is -4.70. The number of hydrogen-bond acceptors (Lipinski definition) is 4. The lowest BCUT2D eigenvalue weighted by Gasteiger charge is -2.20. The zero-order valence-corrected chi connectivity index (χ0v) is 21.4. The molecule has 0 N–H and O–H groups in total. The third kappa shape index (κ3) is 4.81. The molecule has 2 unspecified atom stereocenters. The van der Waals surface area contributed by atoms with Crippen LogP contribution < -0.4 is 0 Å². The highest BCUT2D eigenvalue weighted by Gasteiger charge is 2.23. The van der Waals surface area contributed by atoms with Gasteiger partial charge in [0.2, 0.25) is 0 Å². The van der Waals surface area contributed by atoms with E-state index in [-0.39, 0.29) is 11.8 Å². The predicted octanol–water partition coefficient (Wildman–Crippen LogP) is 8.23. The minimum absolute atomic E-state index is 0.0589. The van der Waals surface area contributed by atoms with Gasteiger partial charge in [0.05, 0.1) is 0 Å². The van der Waals surface area contributed by atoms with Gasteiger partial charge in [0, 0.05) is 35.4 Å². The zero-order chi connectivity index (χ0) is 26.5. The van der Waals surface area contributed by atoms with E-state index in [4.69, 9.17) is 15.0 Å². The first-order valence-corrected chi connectivity index (χ1v) is 12.8. The van der Waals surface area contributed by atoms with Crippen LogP contribution in [0.4, 0.5) is 0 Å². The molecule has 2 atom stereocenters. The first kappa shape index (κ1) is 25.0. The van der Waals surface area contributed by atoms with E-state index < -0.39 is 0 Å². The molecule has 5 rings (SSSR count). The Kier molecular flexibility index (Phi) is 7.32. The quantitative estimate of drug-likeness (QED) is 0.316. The number of hydrogen-bond donors (Lipinski definition) is 0. The highest BCUT2D eigenvalue weighted by Crippen LogP contribution is 2.36. The second kappa shape index (κ2) is 11.1. The van der Waals surface area contributed by atoms with E-state index >= 15 is 0 Å². The summed E-state index contributed by atoms with van der Waals surface area (Å²) in [6, 6.07) is 6.12. The average molecular weight is 495 g/mol. The molecular weight excluding hydrogens is 464 g/mol. The van der Waals surface area contributed by atoms with Crippen molar-refractivity contribution in [3.63, 3.8) is 0 Å². The molecule has 0 bridgehead atoms. The minimum atomic E-state index is 0.0589. The topological polar surface area (TPSA) is 51.6 Å². The second-order valence-electron chi connectivity index (χ2n) is 9.22. The smallest absolute Gasteiger partial charge is 0.164 e. The first-order valence-electron chi connectivity index (χ1n) is 12.8. The number of rotatable bonds is 8. The maximum Gasteiger partial charge on any atom is 0.164 e. The molecule has 4 heteroatoms. The van der Waals surface area contributed by atoms with Gasteiger partial charge in [-0.2, -0.15) is 0 Å². The first-order chi connectivity index (χ1) is 18.7. The summed E-state index contributed by atoms with van der Waals surface area (Å²) < 4.78 is 0. The van der Waals surface area contributed by atoms with Gasteiger partial charge in [0.1, 0.15) is 5.82 Å². The monoisotopic (exact) mass is 494 g/mol. The van der Waals surface area contributed by atoms with Crippen molar-refractivity contribution in [3.8, 4) is 11.4 Å². The molecule has 2 aliphatic carbocycles. The van der Waals surface area contributed by atoms with E-state index in [0.29, 0.717) is 11.6 Å². The molecule has 0 radical (unpaired) electrons. The molecule has 186 valence electrons. The summed E-state index contributed by atoms with van der Waals surface area (Å²) in [5, 5.41) is 0. The molecule has 38 heavy (non-hydrogen) atoms. The average Bonchev–Trinajstić information content (AvgIpc) is 3.00. The van der Waals surface area contributed by atoms with Gasteiger partial charge < -0.3 is 0 Å². The Labute approximate surface area is 224 Å². The van der Waals surface area contributed by atoms with Crippen LogP contribution in [0.2, 0.25) is 0 Å². The Morgan fingerprint density at radius 1 is 0.789 bits per heavy atom. The van der Waals surface area contributed by atoms with Crippen LogP contribution >= 0.6 is 0 Å². The van der Waals surface area contributed by atoms with E-state index in [0.717, 1.165) is 52.1 Å². The summed E-state index contributed by atoms with van der Waals surface area (Å²) in [5.41, 5.74) is 6.68. The molecule has 2 aromatic heterocycles. The van der Waals surface area contributed by atoms with Crippen LogP contribution in [0.25, 0.3) is 41.3 Å². The van der Waals surface area contributed by atoms with E-state index in [1.807, 2.05) is 48.7 Å². The van der Waals surface area contributed by atoms with E-state index in [1.165, 1.54) is 5.56 Å². The van der Waals surface area contributed by atoms with E-state index in [2.05, 4.69) is 73.8 Å². The van der Waals surface area contributed by atoms with Crippen LogP contribution in [0, 0.1) is 0 Å². The van der Waals surface area contributed by atoms with Gasteiger partial charge in [-0.15, -0.1) is 0 Å². The van der Waals surface area contributed by atoms with E-state index in [9.17, 15) is 0 Å². The van der Waals surface area contributed by atoms with Gasteiger partial charge >= 0.3 is 0 Å². The van der Waals surface area contributed by atoms with Crippen LogP contribution in [0.15, 0.2) is 99.4 Å². The Morgan fingerprint density at radius 2 is 1.53 bits per heavy atom. The molecular formula is C34H30N4. The van der Waals surface area contributed by atoms with Gasteiger partial charge in [0.25, 0.3) is 0 Å². The number of nitrogens with zero attached hydrogens (tertiary/aromatic N) is 4. The van der Waals surface area contributed by atoms with Gasteiger partial charge in [-0.1, -0.05) is 99.2 Å². The summed E-state index contributed by atoms with van der Waals surface area (Å²) in [7, 11) is 0. The van der Waals surface area contributed by atoms with Gasteiger partial charge in [-0.05, 0) is 52.8 Å². The molecule has 2 aliphatic rings.